The molecule has 17 heavy (non-hydrogen) atoms. The zero-order valence-electron chi connectivity index (χ0n) is 9.26. The molecule has 1 heterocycles. The molecule has 0 amide bonds. The molecular formula is C10H14O6S. The maximum Gasteiger partial charge on any atom is 0.367 e. The van der Waals surface area contributed by atoms with E-state index in [1.165, 1.54) is 0 Å². The number of carbonyl (C=O) groups excluding carboxylic acids is 2. The summed E-state index contributed by atoms with van der Waals surface area (Å²) in [6.07, 6.45) is 1.05. The Morgan fingerprint density at radius 2 is 1.94 bits per heavy atom. The first-order chi connectivity index (χ1) is 8.22. The van der Waals surface area contributed by atoms with E-state index >= 15 is 0 Å². The Bertz CT molecular complexity index is 274. The molecule has 1 saturated heterocycles. The average Bonchev–Trinajstić information content (AvgIpc) is 2.35. The van der Waals surface area contributed by atoms with Crippen molar-refractivity contribution in [1.82, 2.24) is 0 Å². The van der Waals surface area contributed by atoms with E-state index in [9.17, 15) is 9.59 Å². The zero-order chi connectivity index (χ0) is 12.5. The van der Waals surface area contributed by atoms with Crippen LogP contribution < -0.4 is 0 Å². The molecule has 0 aromatic carbocycles. The summed E-state index contributed by atoms with van der Waals surface area (Å²) in [4.78, 5) is 21.9. The third kappa shape index (κ3) is 6.30. The van der Waals surface area contributed by atoms with Gasteiger partial charge in [-0.15, -0.1) is 0 Å². The van der Waals surface area contributed by atoms with Crippen molar-refractivity contribution < 1.29 is 28.5 Å². The highest BCUT2D eigenvalue weighted by atomic mass is 32.2. The average molecular weight is 262 g/mol. The lowest BCUT2D eigenvalue weighted by atomic mass is 10.5. The lowest BCUT2D eigenvalue weighted by molar-refractivity contribution is -0.138. The summed E-state index contributed by atoms with van der Waals surface area (Å²) in [6, 6.07) is 0. The molecule has 0 aliphatic carbocycles. The van der Waals surface area contributed by atoms with Crippen LogP contribution in [0.1, 0.15) is 0 Å². The van der Waals surface area contributed by atoms with Gasteiger partial charge in [0.25, 0.3) is 0 Å². The minimum Gasteiger partial charge on any atom is -0.459 e. The first-order valence-electron chi connectivity index (χ1n) is 5.00. The van der Waals surface area contributed by atoms with E-state index < -0.39 is 11.3 Å². The maximum atomic E-state index is 11.3. The van der Waals surface area contributed by atoms with Gasteiger partial charge in [0.15, 0.2) is 0 Å². The number of rotatable bonds is 5. The van der Waals surface area contributed by atoms with Gasteiger partial charge in [0.2, 0.25) is 0 Å². The fraction of sp³-hybridized carbons (Fsp3) is 0.600. The third-order valence-corrected chi connectivity index (χ3v) is 2.67. The quantitative estimate of drug-likeness (QED) is 0.415. The van der Waals surface area contributed by atoms with Crippen LogP contribution in [0.4, 0.5) is 4.79 Å². The lowest BCUT2D eigenvalue weighted by Crippen LogP contribution is -2.27. The topological polar surface area (TPSA) is 71.1 Å². The van der Waals surface area contributed by atoms with Crippen molar-refractivity contribution in [2.75, 3.05) is 33.2 Å². The Kier molecular flexibility index (Phi) is 6.68. The van der Waals surface area contributed by atoms with Gasteiger partial charge < -0.3 is 18.9 Å². The van der Waals surface area contributed by atoms with E-state index in [0.29, 0.717) is 13.2 Å². The normalized spacial score (nSPS) is 16.2. The smallest absolute Gasteiger partial charge is 0.367 e. The Morgan fingerprint density at radius 1 is 1.29 bits per heavy atom. The third-order valence-electron chi connectivity index (χ3n) is 1.75. The number of hydrogen-bond acceptors (Lipinski definition) is 7. The van der Waals surface area contributed by atoms with E-state index in [4.69, 9.17) is 14.2 Å². The van der Waals surface area contributed by atoms with Crippen LogP contribution in [0, 0.1) is 0 Å². The monoisotopic (exact) mass is 262 g/mol. The van der Waals surface area contributed by atoms with Gasteiger partial charge in [0.05, 0.1) is 18.5 Å². The molecule has 0 aromatic heterocycles. The molecular weight excluding hydrogens is 248 g/mol. The number of hydrogen-bond donors (Lipinski definition) is 0. The van der Waals surface area contributed by atoms with Gasteiger partial charge >= 0.3 is 11.3 Å². The summed E-state index contributed by atoms with van der Waals surface area (Å²) < 4.78 is 19.5. The van der Waals surface area contributed by atoms with Gasteiger partial charge in [-0.05, 0) is 11.8 Å². The van der Waals surface area contributed by atoms with Crippen LogP contribution in [0.15, 0.2) is 12.7 Å². The Labute approximate surface area is 103 Å². The van der Waals surface area contributed by atoms with Gasteiger partial charge in [0.1, 0.15) is 20.0 Å². The van der Waals surface area contributed by atoms with Gasteiger partial charge in [-0.2, -0.15) is 0 Å². The van der Waals surface area contributed by atoms with Crippen LogP contribution >= 0.6 is 11.8 Å². The van der Waals surface area contributed by atoms with Crippen molar-refractivity contribution in [3.8, 4) is 0 Å². The molecule has 0 radical (unpaired) electrons. The van der Waals surface area contributed by atoms with Crippen LogP contribution in [0.2, 0.25) is 0 Å². The van der Waals surface area contributed by atoms with E-state index in [-0.39, 0.29) is 25.3 Å². The van der Waals surface area contributed by atoms with Gasteiger partial charge in [-0.3, -0.25) is 0 Å². The number of ether oxygens (including phenoxy) is 4. The number of carbonyl (C=O) groups is 2. The van der Waals surface area contributed by atoms with E-state index in [1.54, 1.807) is 0 Å². The second kappa shape index (κ2) is 8.10. The molecule has 1 rings (SSSR count). The minimum absolute atomic E-state index is 0.0226. The molecule has 1 aliphatic heterocycles. The maximum absolute atomic E-state index is 11.3. The molecule has 0 spiro atoms. The van der Waals surface area contributed by atoms with E-state index in [1.807, 2.05) is 0 Å². The highest BCUT2D eigenvalue weighted by Crippen LogP contribution is 2.17. The summed E-state index contributed by atoms with van der Waals surface area (Å²) in [5.41, 5.74) is 0. The van der Waals surface area contributed by atoms with Crippen molar-refractivity contribution in [3.05, 3.63) is 12.7 Å². The van der Waals surface area contributed by atoms with Crippen molar-refractivity contribution >= 4 is 23.0 Å². The number of esters is 1. The second-order valence-corrected chi connectivity index (χ2v) is 4.31. The summed E-state index contributed by atoms with van der Waals surface area (Å²) >= 11 is 1.01. The summed E-state index contributed by atoms with van der Waals surface area (Å²) in [5.74, 6) is -0.539. The Morgan fingerprint density at radius 3 is 2.59 bits per heavy atom. The first-order valence-corrected chi connectivity index (χ1v) is 5.88. The second-order valence-electron chi connectivity index (χ2n) is 3.07. The highest BCUT2D eigenvalue weighted by molar-refractivity contribution is 8.13. The molecule has 0 bridgehead atoms. The molecule has 7 heteroatoms. The van der Waals surface area contributed by atoms with Crippen LogP contribution in [0.25, 0.3) is 0 Å². The fourth-order valence-corrected chi connectivity index (χ4v) is 1.78. The van der Waals surface area contributed by atoms with E-state index in [0.717, 1.165) is 17.8 Å². The predicted molar refractivity (Wildman–Crippen MR) is 60.7 cm³/mol. The molecule has 0 saturated carbocycles. The molecule has 0 atom stereocenters. The molecule has 0 N–H and O–H groups in total. The lowest BCUT2D eigenvalue weighted by Gasteiger charge is -2.20. The number of thioether (sulfide) groups is 1. The van der Waals surface area contributed by atoms with Crippen LogP contribution in [-0.4, -0.2) is 49.7 Å². The molecule has 96 valence electrons. The van der Waals surface area contributed by atoms with Crippen molar-refractivity contribution in [3.63, 3.8) is 0 Å². The van der Waals surface area contributed by atoms with Gasteiger partial charge in [-0.25, -0.2) is 9.59 Å². The molecule has 1 fully saturated rings. The van der Waals surface area contributed by atoms with Gasteiger partial charge in [0, 0.05) is 6.08 Å². The van der Waals surface area contributed by atoms with E-state index in [2.05, 4.69) is 11.3 Å². The Hall–Kier alpha value is -1.05. The first kappa shape index (κ1) is 14.0. The van der Waals surface area contributed by atoms with Crippen molar-refractivity contribution in [1.29, 1.82) is 0 Å². The van der Waals surface area contributed by atoms with Crippen molar-refractivity contribution in [2.45, 2.75) is 5.25 Å². The summed E-state index contributed by atoms with van der Waals surface area (Å²) in [6.45, 7) is 4.48. The predicted octanol–water partition coefficient (Wildman–Crippen LogP) is 0.958. The highest BCUT2D eigenvalue weighted by Gasteiger charge is 2.19. The molecule has 0 unspecified atom stereocenters. The fourth-order valence-electron chi connectivity index (χ4n) is 1.03. The summed E-state index contributed by atoms with van der Waals surface area (Å²) in [5, 5.41) is -0.481. The van der Waals surface area contributed by atoms with Gasteiger partial charge in [-0.1, -0.05) is 6.58 Å². The summed E-state index contributed by atoms with van der Waals surface area (Å²) in [7, 11) is 0. The van der Waals surface area contributed by atoms with Crippen molar-refractivity contribution in [2.24, 2.45) is 0 Å². The molecule has 1 aliphatic rings. The van der Waals surface area contributed by atoms with Crippen LogP contribution in [-0.2, 0) is 23.7 Å². The minimum atomic E-state index is -0.539. The largest absolute Gasteiger partial charge is 0.459 e. The SMILES string of the molecule is C=CC(=O)OCCOC(=O)SC1COCOC1. The standard InChI is InChI=1S/C10H14O6S/c1-2-9(11)15-3-4-16-10(12)17-8-5-13-7-14-6-8/h2,8H,1,3-7H2. The van der Waals surface area contributed by atoms with Crippen LogP contribution in [0.3, 0.4) is 0 Å². The zero-order valence-corrected chi connectivity index (χ0v) is 10.1. The Balaban J connectivity index is 2.04. The molecule has 0 aromatic rings. The van der Waals surface area contributed by atoms with Crippen LogP contribution in [0.5, 0.6) is 0 Å². The molecule has 6 nitrogen and oxygen atoms in total.